The highest BCUT2D eigenvalue weighted by Crippen LogP contribution is 2.16. The number of hydrogen-bond donors (Lipinski definition) is 1. The van der Waals surface area contributed by atoms with Gasteiger partial charge in [0.05, 0.1) is 0 Å². The molecule has 14 heavy (non-hydrogen) atoms. The molecule has 0 amide bonds. The Morgan fingerprint density at radius 2 is 2.07 bits per heavy atom. The molecule has 1 aromatic rings. The van der Waals surface area contributed by atoms with Gasteiger partial charge in [-0.05, 0) is 17.7 Å². The van der Waals surface area contributed by atoms with Gasteiger partial charge in [-0.25, -0.2) is 0 Å². The van der Waals surface area contributed by atoms with Gasteiger partial charge in [-0.1, -0.05) is 39.8 Å². The summed E-state index contributed by atoms with van der Waals surface area (Å²) < 4.78 is 1.12. The Balaban J connectivity index is 2.49. The molecular formula is C10H13BrN2S. The molecule has 0 radical (unpaired) electrons. The standard InChI is InChI=1S/C10H13BrN2S/c1-12-10(13-2)14-7-8-3-5-9(11)6-4-8/h3-6H,7H2,1-2H3,(H,12,13). The number of halogens is 1. The fourth-order valence-corrected chi connectivity index (χ4v) is 2.01. The van der Waals surface area contributed by atoms with Crippen LogP contribution in [0.3, 0.4) is 0 Å². The van der Waals surface area contributed by atoms with Crippen molar-refractivity contribution in [2.24, 2.45) is 4.99 Å². The lowest BCUT2D eigenvalue weighted by Gasteiger charge is -2.04. The maximum Gasteiger partial charge on any atom is 0.156 e. The van der Waals surface area contributed by atoms with Gasteiger partial charge in [-0.2, -0.15) is 0 Å². The fourth-order valence-electron chi connectivity index (χ4n) is 0.981. The molecule has 0 aliphatic rings. The van der Waals surface area contributed by atoms with E-state index in [2.05, 4.69) is 50.5 Å². The van der Waals surface area contributed by atoms with Crippen molar-refractivity contribution < 1.29 is 0 Å². The minimum atomic E-state index is 0.945. The quantitative estimate of drug-likeness (QED) is 0.662. The van der Waals surface area contributed by atoms with E-state index >= 15 is 0 Å². The van der Waals surface area contributed by atoms with Crippen LogP contribution in [0, 0.1) is 0 Å². The van der Waals surface area contributed by atoms with E-state index in [0.29, 0.717) is 0 Å². The highest BCUT2D eigenvalue weighted by molar-refractivity contribution is 9.10. The largest absolute Gasteiger partial charge is 0.368 e. The number of hydrogen-bond acceptors (Lipinski definition) is 2. The molecule has 0 saturated heterocycles. The van der Waals surface area contributed by atoms with Crippen molar-refractivity contribution in [1.29, 1.82) is 0 Å². The first-order valence-electron chi connectivity index (χ1n) is 4.28. The number of thioether (sulfide) groups is 1. The van der Waals surface area contributed by atoms with Crippen LogP contribution in [0.25, 0.3) is 0 Å². The number of nitrogens with zero attached hydrogens (tertiary/aromatic N) is 1. The molecule has 2 nitrogen and oxygen atoms in total. The van der Waals surface area contributed by atoms with Gasteiger partial charge in [-0.15, -0.1) is 0 Å². The molecule has 1 rings (SSSR count). The zero-order valence-corrected chi connectivity index (χ0v) is 10.7. The lowest BCUT2D eigenvalue weighted by atomic mass is 10.2. The maximum atomic E-state index is 4.10. The SMILES string of the molecule is CN=C(NC)SCc1ccc(Br)cc1. The summed E-state index contributed by atoms with van der Waals surface area (Å²) in [6, 6.07) is 8.33. The van der Waals surface area contributed by atoms with Gasteiger partial charge < -0.3 is 5.32 Å². The van der Waals surface area contributed by atoms with Crippen LogP contribution in [0.5, 0.6) is 0 Å². The van der Waals surface area contributed by atoms with E-state index in [4.69, 9.17) is 0 Å². The number of nitrogens with one attached hydrogen (secondary N) is 1. The fraction of sp³-hybridized carbons (Fsp3) is 0.300. The molecule has 0 fully saturated rings. The molecule has 0 unspecified atom stereocenters. The minimum Gasteiger partial charge on any atom is -0.368 e. The number of benzene rings is 1. The van der Waals surface area contributed by atoms with Crippen molar-refractivity contribution in [1.82, 2.24) is 5.32 Å². The average molecular weight is 273 g/mol. The van der Waals surface area contributed by atoms with Gasteiger partial charge in [0.25, 0.3) is 0 Å². The van der Waals surface area contributed by atoms with Crippen LogP contribution < -0.4 is 5.32 Å². The molecule has 0 saturated carbocycles. The molecule has 1 N–H and O–H groups in total. The maximum absolute atomic E-state index is 4.10. The molecule has 0 aliphatic carbocycles. The first-order valence-corrected chi connectivity index (χ1v) is 6.06. The van der Waals surface area contributed by atoms with E-state index in [1.165, 1.54) is 5.56 Å². The third-order valence-corrected chi connectivity index (χ3v) is 3.37. The lowest BCUT2D eigenvalue weighted by molar-refractivity contribution is 1.18. The number of rotatable bonds is 2. The highest BCUT2D eigenvalue weighted by Gasteiger charge is 1.97. The van der Waals surface area contributed by atoms with E-state index in [1.54, 1.807) is 18.8 Å². The predicted octanol–water partition coefficient (Wildman–Crippen LogP) is 2.89. The summed E-state index contributed by atoms with van der Waals surface area (Å²) in [5.74, 6) is 0.945. The van der Waals surface area contributed by atoms with Crippen LogP contribution in [-0.4, -0.2) is 19.3 Å². The summed E-state index contributed by atoms with van der Waals surface area (Å²) in [6.45, 7) is 0. The Labute approximate surface area is 97.3 Å². The Morgan fingerprint density at radius 3 is 2.57 bits per heavy atom. The molecule has 0 bridgehead atoms. The molecular weight excluding hydrogens is 260 g/mol. The molecule has 0 aromatic heterocycles. The highest BCUT2D eigenvalue weighted by atomic mass is 79.9. The zero-order valence-electron chi connectivity index (χ0n) is 8.25. The Bertz CT molecular complexity index is 308. The van der Waals surface area contributed by atoms with Crippen LogP contribution >= 0.6 is 27.7 Å². The van der Waals surface area contributed by atoms with Crippen molar-refractivity contribution >= 4 is 32.9 Å². The monoisotopic (exact) mass is 272 g/mol. The normalized spacial score (nSPS) is 11.5. The van der Waals surface area contributed by atoms with Gasteiger partial charge in [0.15, 0.2) is 5.17 Å². The Kier molecular flexibility index (Phi) is 5.04. The third kappa shape index (κ3) is 3.72. The molecule has 0 spiro atoms. The topological polar surface area (TPSA) is 24.4 Å². The van der Waals surface area contributed by atoms with E-state index in [-0.39, 0.29) is 0 Å². The van der Waals surface area contributed by atoms with Crippen LogP contribution in [0.4, 0.5) is 0 Å². The van der Waals surface area contributed by atoms with Crippen molar-refractivity contribution in [3.8, 4) is 0 Å². The predicted molar refractivity (Wildman–Crippen MR) is 67.9 cm³/mol. The van der Waals surface area contributed by atoms with Gasteiger partial charge in [-0.3, -0.25) is 4.99 Å². The Morgan fingerprint density at radius 1 is 1.43 bits per heavy atom. The van der Waals surface area contributed by atoms with Gasteiger partial charge in [0, 0.05) is 24.3 Å². The van der Waals surface area contributed by atoms with Gasteiger partial charge >= 0.3 is 0 Å². The second-order valence-electron chi connectivity index (χ2n) is 2.69. The molecule has 1 aromatic carbocycles. The minimum absolute atomic E-state index is 0.945. The molecule has 0 heterocycles. The van der Waals surface area contributed by atoms with Crippen LogP contribution in [-0.2, 0) is 5.75 Å². The summed E-state index contributed by atoms with van der Waals surface area (Å²) in [4.78, 5) is 4.10. The summed E-state index contributed by atoms with van der Waals surface area (Å²) in [6.07, 6.45) is 0. The second-order valence-corrected chi connectivity index (χ2v) is 4.57. The van der Waals surface area contributed by atoms with E-state index in [0.717, 1.165) is 15.4 Å². The molecule has 0 aliphatic heterocycles. The molecule has 4 heteroatoms. The zero-order chi connectivity index (χ0) is 10.4. The third-order valence-electron chi connectivity index (χ3n) is 1.71. The van der Waals surface area contributed by atoms with Gasteiger partial charge in [0.2, 0.25) is 0 Å². The van der Waals surface area contributed by atoms with E-state index < -0.39 is 0 Å². The summed E-state index contributed by atoms with van der Waals surface area (Å²) in [5, 5.41) is 4.00. The summed E-state index contributed by atoms with van der Waals surface area (Å²) in [5.41, 5.74) is 1.30. The van der Waals surface area contributed by atoms with Crippen LogP contribution in [0.1, 0.15) is 5.56 Å². The van der Waals surface area contributed by atoms with Gasteiger partial charge in [0.1, 0.15) is 0 Å². The van der Waals surface area contributed by atoms with Crippen molar-refractivity contribution in [2.45, 2.75) is 5.75 Å². The second kappa shape index (κ2) is 6.09. The van der Waals surface area contributed by atoms with Crippen LogP contribution in [0.15, 0.2) is 33.7 Å². The van der Waals surface area contributed by atoms with E-state index in [1.807, 2.05) is 7.05 Å². The average Bonchev–Trinajstić information content (AvgIpc) is 2.22. The van der Waals surface area contributed by atoms with E-state index in [9.17, 15) is 0 Å². The smallest absolute Gasteiger partial charge is 0.156 e. The summed E-state index contributed by atoms with van der Waals surface area (Å²) in [7, 11) is 3.68. The Hall–Kier alpha value is -0.480. The van der Waals surface area contributed by atoms with Crippen molar-refractivity contribution in [2.75, 3.05) is 14.1 Å². The molecule has 76 valence electrons. The summed E-state index contributed by atoms with van der Waals surface area (Å²) >= 11 is 5.11. The number of amidine groups is 1. The van der Waals surface area contributed by atoms with Crippen LogP contribution in [0.2, 0.25) is 0 Å². The molecule has 0 atom stereocenters. The first-order chi connectivity index (χ1) is 6.76. The number of aliphatic imine (C=N–C) groups is 1. The first kappa shape index (κ1) is 11.6. The van der Waals surface area contributed by atoms with Crippen molar-refractivity contribution in [3.05, 3.63) is 34.3 Å². The van der Waals surface area contributed by atoms with Crippen molar-refractivity contribution in [3.63, 3.8) is 0 Å². The lowest BCUT2D eigenvalue weighted by Crippen LogP contribution is -2.13.